The van der Waals surface area contributed by atoms with Crippen LogP contribution in [0.3, 0.4) is 0 Å². The van der Waals surface area contributed by atoms with E-state index in [1.807, 2.05) is 0 Å². The van der Waals surface area contributed by atoms with Crippen LogP contribution >= 0.6 is 0 Å². The molecule has 1 aliphatic rings. The van der Waals surface area contributed by atoms with Crippen LogP contribution in [-0.2, 0) is 17.6 Å². The highest BCUT2D eigenvalue weighted by Gasteiger charge is 2.26. The van der Waals surface area contributed by atoms with Gasteiger partial charge in [0.1, 0.15) is 11.6 Å². The van der Waals surface area contributed by atoms with E-state index in [2.05, 4.69) is 0 Å². The zero-order valence-corrected chi connectivity index (χ0v) is 12.8. The number of aryl methyl sites for hydroxylation is 1. The second-order valence-corrected chi connectivity index (χ2v) is 5.74. The van der Waals surface area contributed by atoms with Gasteiger partial charge in [0.05, 0.1) is 0 Å². The van der Waals surface area contributed by atoms with Crippen molar-refractivity contribution in [2.75, 3.05) is 11.4 Å². The average Bonchev–Trinajstić information content (AvgIpc) is 2.58. The van der Waals surface area contributed by atoms with Crippen LogP contribution < -0.4 is 4.90 Å². The molecule has 3 rings (SSSR count). The van der Waals surface area contributed by atoms with E-state index < -0.39 is 23.3 Å². The molecule has 1 heterocycles. The van der Waals surface area contributed by atoms with Crippen LogP contribution in [0.2, 0.25) is 0 Å². The van der Waals surface area contributed by atoms with Gasteiger partial charge in [-0.05, 0) is 55.2 Å². The van der Waals surface area contributed by atoms with Crippen LogP contribution in [0.4, 0.5) is 23.2 Å². The van der Waals surface area contributed by atoms with E-state index in [4.69, 9.17) is 0 Å². The first kappa shape index (κ1) is 16.5. The van der Waals surface area contributed by atoms with Crippen LogP contribution in [0.1, 0.15) is 24.0 Å². The van der Waals surface area contributed by atoms with Gasteiger partial charge >= 0.3 is 0 Å². The fourth-order valence-electron chi connectivity index (χ4n) is 2.98. The molecule has 0 fully saturated rings. The van der Waals surface area contributed by atoms with E-state index in [1.165, 1.54) is 11.0 Å². The Balaban J connectivity index is 1.77. The highest BCUT2D eigenvalue weighted by molar-refractivity contribution is 5.94. The van der Waals surface area contributed by atoms with Gasteiger partial charge in [0.2, 0.25) is 5.91 Å². The summed E-state index contributed by atoms with van der Waals surface area (Å²) in [5.41, 5.74) is 0.655. The maximum Gasteiger partial charge on any atom is 0.227 e. The van der Waals surface area contributed by atoms with Crippen molar-refractivity contribution >= 4 is 11.6 Å². The van der Waals surface area contributed by atoms with Crippen molar-refractivity contribution in [2.24, 2.45) is 0 Å². The summed E-state index contributed by atoms with van der Waals surface area (Å²) < 4.78 is 54.0. The Bertz CT molecular complexity index is 791. The zero-order valence-electron chi connectivity index (χ0n) is 12.8. The molecular formula is C18H15F4NO. The average molecular weight is 337 g/mol. The summed E-state index contributed by atoms with van der Waals surface area (Å²) in [6.07, 6.45) is 0.880. The molecule has 0 aliphatic carbocycles. The van der Waals surface area contributed by atoms with E-state index in [1.54, 1.807) is 0 Å². The lowest BCUT2D eigenvalue weighted by molar-refractivity contribution is -0.118. The van der Waals surface area contributed by atoms with Gasteiger partial charge in [0.25, 0.3) is 0 Å². The van der Waals surface area contributed by atoms with Crippen LogP contribution in [0.25, 0.3) is 0 Å². The predicted molar refractivity (Wildman–Crippen MR) is 81.7 cm³/mol. The van der Waals surface area contributed by atoms with E-state index in [0.717, 1.165) is 24.3 Å². The molecule has 0 spiro atoms. The maximum absolute atomic E-state index is 13.9. The Morgan fingerprint density at radius 2 is 1.79 bits per heavy atom. The number of carbonyl (C=O) groups is 1. The van der Waals surface area contributed by atoms with Gasteiger partial charge in [-0.1, -0.05) is 0 Å². The second kappa shape index (κ2) is 6.63. The Labute approximate surface area is 136 Å². The number of benzene rings is 2. The number of nitrogens with zero attached hydrogens (tertiary/aromatic N) is 1. The third-order valence-electron chi connectivity index (χ3n) is 4.19. The first-order chi connectivity index (χ1) is 11.5. The molecular weight excluding hydrogens is 322 g/mol. The molecule has 1 aliphatic heterocycles. The fraction of sp³-hybridized carbons (Fsp3) is 0.278. The van der Waals surface area contributed by atoms with Crippen molar-refractivity contribution in [3.63, 3.8) is 0 Å². The second-order valence-electron chi connectivity index (χ2n) is 5.74. The predicted octanol–water partition coefficient (Wildman–Crippen LogP) is 4.16. The molecule has 2 nitrogen and oxygen atoms in total. The van der Waals surface area contributed by atoms with E-state index >= 15 is 0 Å². The lowest BCUT2D eigenvalue weighted by Crippen LogP contribution is -2.36. The highest BCUT2D eigenvalue weighted by atomic mass is 19.2. The Morgan fingerprint density at radius 1 is 1.04 bits per heavy atom. The quantitative estimate of drug-likeness (QED) is 0.771. The maximum atomic E-state index is 13.9. The number of carbonyl (C=O) groups excluding carboxylic acids is 1. The summed E-state index contributed by atoms with van der Waals surface area (Å²) in [5, 5.41) is 0. The van der Waals surface area contributed by atoms with Gasteiger partial charge < -0.3 is 4.90 Å². The van der Waals surface area contributed by atoms with Crippen molar-refractivity contribution < 1.29 is 22.4 Å². The zero-order chi connectivity index (χ0) is 17.3. The Kier molecular flexibility index (Phi) is 4.55. The topological polar surface area (TPSA) is 20.3 Å². The van der Waals surface area contributed by atoms with Gasteiger partial charge in [-0.25, -0.2) is 17.6 Å². The van der Waals surface area contributed by atoms with Crippen molar-refractivity contribution in [3.05, 3.63) is 64.7 Å². The lowest BCUT2D eigenvalue weighted by Gasteiger charge is -2.30. The van der Waals surface area contributed by atoms with Crippen molar-refractivity contribution in [3.8, 4) is 0 Å². The van der Waals surface area contributed by atoms with E-state index in [-0.39, 0.29) is 29.9 Å². The van der Waals surface area contributed by atoms with Crippen LogP contribution in [0, 0.1) is 23.3 Å². The van der Waals surface area contributed by atoms with Gasteiger partial charge in [0, 0.05) is 24.2 Å². The standard InChI is InChI=1S/C18H15F4NO/c19-12-4-5-14(20)11(10-12)3-8-17(24)23-9-1-2-13-16(23)7-6-15(21)18(13)22/h4-7,10H,1-3,8-9H2. The van der Waals surface area contributed by atoms with Crippen LogP contribution in [0.5, 0.6) is 0 Å². The molecule has 0 saturated carbocycles. The molecule has 0 unspecified atom stereocenters. The number of anilines is 1. The first-order valence-corrected chi connectivity index (χ1v) is 7.68. The number of halogens is 4. The van der Waals surface area contributed by atoms with Crippen LogP contribution in [-0.4, -0.2) is 12.5 Å². The normalized spacial score (nSPS) is 13.8. The van der Waals surface area contributed by atoms with E-state index in [0.29, 0.717) is 25.1 Å². The highest BCUT2D eigenvalue weighted by Crippen LogP contribution is 2.31. The molecule has 0 aromatic heterocycles. The monoisotopic (exact) mass is 337 g/mol. The van der Waals surface area contributed by atoms with Crippen molar-refractivity contribution in [1.29, 1.82) is 0 Å². The molecule has 0 radical (unpaired) electrons. The summed E-state index contributed by atoms with van der Waals surface area (Å²) >= 11 is 0. The number of hydrogen-bond donors (Lipinski definition) is 0. The summed E-state index contributed by atoms with van der Waals surface area (Å²) in [5.74, 6) is -3.34. The number of hydrogen-bond acceptors (Lipinski definition) is 1. The SMILES string of the molecule is O=C(CCc1cc(F)ccc1F)N1CCCc2c1ccc(F)c2F. The molecule has 2 aromatic rings. The van der Waals surface area contributed by atoms with Crippen LogP contribution in [0.15, 0.2) is 30.3 Å². The Hall–Kier alpha value is -2.37. The smallest absolute Gasteiger partial charge is 0.227 e. The minimum absolute atomic E-state index is 0.0396. The summed E-state index contributed by atoms with van der Waals surface area (Å²) in [6.45, 7) is 0.391. The number of fused-ring (bicyclic) bond motifs is 1. The summed E-state index contributed by atoms with van der Waals surface area (Å²) in [7, 11) is 0. The minimum Gasteiger partial charge on any atom is -0.312 e. The number of rotatable bonds is 3. The summed E-state index contributed by atoms with van der Waals surface area (Å²) in [4.78, 5) is 13.8. The molecule has 0 saturated heterocycles. The molecule has 0 atom stereocenters. The molecule has 24 heavy (non-hydrogen) atoms. The van der Waals surface area contributed by atoms with Crippen molar-refractivity contribution in [1.82, 2.24) is 0 Å². The fourth-order valence-corrected chi connectivity index (χ4v) is 2.98. The molecule has 0 bridgehead atoms. The lowest BCUT2D eigenvalue weighted by atomic mass is 9.99. The Morgan fingerprint density at radius 3 is 2.58 bits per heavy atom. The first-order valence-electron chi connectivity index (χ1n) is 7.68. The third-order valence-corrected chi connectivity index (χ3v) is 4.19. The largest absolute Gasteiger partial charge is 0.312 e. The molecule has 126 valence electrons. The summed E-state index contributed by atoms with van der Waals surface area (Å²) in [6, 6.07) is 5.46. The van der Waals surface area contributed by atoms with Crippen molar-refractivity contribution in [2.45, 2.75) is 25.7 Å². The minimum atomic E-state index is -0.940. The number of amides is 1. The molecule has 2 aromatic carbocycles. The van der Waals surface area contributed by atoms with Gasteiger partial charge in [-0.15, -0.1) is 0 Å². The molecule has 0 N–H and O–H groups in total. The van der Waals surface area contributed by atoms with E-state index in [9.17, 15) is 22.4 Å². The van der Waals surface area contributed by atoms with Gasteiger partial charge in [0.15, 0.2) is 11.6 Å². The molecule has 1 amide bonds. The third kappa shape index (κ3) is 3.13. The molecule has 6 heteroatoms. The van der Waals surface area contributed by atoms with Gasteiger partial charge in [-0.3, -0.25) is 4.79 Å². The van der Waals surface area contributed by atoms with Gasteiger partial charge in [-0.2, -0.15) is 0 Å².